The van der Waals surface area contributed by atoms with Gasteiger partial charge in [-0.1, -0.05) is 31.0 Å². The molecule has 0 heterocycles. The average Bonchev–Trinajstić information content (AvgIpc) is 2.60. The van der Waals surface area contributed by atoms with Gasteiger partial charge in [-0.15, -0.1) is 6.58 Å². The van der Waals surface area contributed by atoms with Crippen molar-refractivity contribution in [1.29, 1.82) is 0 Å². The standard InChI is InChI=1S/C18H24ClNO5/c1-5-7-9-24-16-14(19)10-13(11-15(16)23-4)18(22)25-12(3)17(21)20-8-6-2/h6,10-12H,2,5,7-9H2,1,3-4H3,(H,20,21)/t12-/m0/s1. The first-order valence-corrected chi connectivity index (χ1v) is 8.42. The Labute approximate surface area is 153 Å². The van der Waals surface area contributed by atoms with Crippen LogP contribution in [0.4, 0.5) is 0 Å². The number of nitrogens with one attached hydrogen (secondary N) is 1. The van der Waals surface area contributed by atoms with Crippen LogP contribution in [0.15, 0.2) is 24.8 Å². The van der Waals surface area contributed by atoms with Crippen LogP contribution in [0.2, 0.25) is 5.02 Å². The molecule has 1 atom stereocenters. The van der Waals surface area contributed by atoms with E-state index < -0.39 is 18.0 Å². The molecular weight excluding hydrogens is 346 g/mol. The van der Waals surface area contributed by atoms with Crippen LogP contribution in [-0.2, 0) is 9.53 Å². The normalized spacial score (nSPS) is 11.4. The SMILES string of the molecule is C=CCNC(=O)[C@H](C)OC(=O)c1cc(Cl)c(OCCCC)c(OC)c1. The maximum atomic E-state index is 12.2. The number of amides is 1. The molecule has 138 valence electrons. The van der Waals surface area contributed by atoms with Gasteiger partial charge in [-0.3, -0.25) is 4.79 Å². The van der Waals surface area contributed by atoms with Crippen molar-refractivity contribution in [2.75, 3.05) is 20.3 Å². The highest BCUT2D eigenvalue weighted by Crippen LogP contribution is 2.36. The molecule has 1 aromatic rings. The highest BCUT2D eigenvalue weighted by atomic mass is 35.5. The number of benzene rings is 1. The molecular formula is C18H24ClNO5. The molecule has 0 aromatic heterocycles. The third kappa shape index (κ3) is 6.31. The molecule has 25 heavy (non-hydrogen) atoms. The fourth-order valence-corrected chi connectivity index (χ4v) is 2.16. The van der Waals surface area contributed by atoms with Gasteiger partial charge in [0.15, 0.2) is 17.6 Å². The van der Waals surface area contributed by atoms with Crippen molar-refractivity contribution in [2.45, 2.75) is 32.8 Å². The summed E-state index contributed by atoms with van der Waals surface area (Å²) in [6, 6.07) is 2.91. The molecule has 1 N–H and O–H groups in total. The van der Waals surface area contributed by atoms with E-state index in [2.05, 4.69) is 11.9 Å². The maximum Gasteiger partial charge on any atom is 0.339 e. The van der Waals surface area contributed by atoms with Gasteiger partial charge < -0.3 is 19.5 Å². The van der Waals surface area contributed by atoms with Crippen LogP contribution in [0.3, 0.4) is 0 Å². The summed E-state index contributed by atoms with van der Waals surface area (Å²) in [6.07, 6.45) is 2.45. The number of unbranched alkanes of at least 4 members (excludes halogenated alkanes) is 1. The van der Waals surface area contributed by atoms with Crippen molar-refractivity contribution in [3.8, 4) is 11.5 Å². The van der Waals surface area contributed by atoms with Crippen molar-refractivity contribution in [3.63, 3.8) is 0 Å². The van der Waals surface area contributed by atoms with Gasteiger partial charge in [0, 0.05) is 6.54 Å². The Hall–Kier alpha value is -2.21. The molecule has 6 nitrogen and oxygen atoms in total. The van der Waals surface area contributed by atoms with Crippen molar-refractivity contribution in [2.24, 2.45) is 0 Å². The molecule has 0 saturated heterocycles. The fraction of sp³-hybridized carbons (Fsp3) is 0.444. The molecule has 0 unspecified atom stereocenters. The van der Waals surface area contributed by atoms with E-state index in [1.54, 1.807) is 0 Å². The lowest BCUT2D eigenvalue weighted by Gasteiger charge is -2.15. The van der Waals surface area contributed by atoms with Crippen molar-refractivity contribution >= 4 is 23.5 Å². The van der Waals surface area contributed by atoms with Crippen LogP contribution in [-0.4, -0.2) is 38.2 Å². The van der Waals surface area contributed by atoms with E-state index in [-0.39, 0.29) is 10.6 Å². The minimum absolute atomic E-state index is 0.174. The zero-order valence-electron chi connectivity index (χ0n) is 14.8. The highest BCUT2D eigenvalue weighted by Gasteiger charge is 2.21. The van der Waals surface area contributed by atoms with Crippen molar-refractivity contribution in [3.05, 3.63) is 35.4 Å². The van der Waals surface area contributed by atoms with E-state index in [4.69, 9.17) is 25.8 Å². The average molecular weight is 370 g/mol. The van der Waals surface area contributed by atoms with Crippen LogP contribution in [0.1, 0.15) is 37.0 Å². The Balaban J connectivity index is 2.86. The fourth-order valence-electron chi connectivity index (χ4n) is 1.89. The van der Waals surface area contributed by atoms with E-state index in [1.807, 2.05) is 6.92 Å². The monoisotopic (exact) mass is 369 g/mol. The van der Waals surface area contributed by atoms with Gasteiger partial charge in [0.05, 0.1) is 24.3 Å². The van der Waals surface area contributed by atoms with Crippen LogP contribution in [0.25, 0.3) is 0 Å². The molecule has 7 heteroatoms. The molecule has 0 fully saturated rings. The third-order valence-corrected chi connectivity index (χ3v) is 3.56. The number of hydrogen-bond donors (Lipinski definition) is 1. The topological polar surface area (TPSA) is 73.9 Å². The summed E-state index contributed by atoms with van der Waals surface area (Å²) in [6.45, 7) is 7.83. The number of esters is 1. The first-order chi connectivity index (χ1) is 11.9. The highest BCUT2D eigenvalue weighted by molar-refractivity contribution is 6.32. The summed E-state index contributed by atoms with van der Waals surface area (Å²) in [4.78, 5) is 24.0. The number of ether oxygens (including phenoxy) is 3. The summed E-state index contributed by atoms with van der Waals surface area (Å²) >= 11 is 6.20. The molecule has 0 bridgehead atoms. The molecule has 0 aliphatic rings. The van der Waals surface area contributed by atoms with Gasteiger partial charge in [0.1, 0.15) is 0 Å². The molecule has 0 spiro atoms. The zero-order chi connectivity index (χ0) is 18.8. The van der Waals surface area contributed by atoms with E-state index in [9.17, 15) is 9.59 Å². The van der Waals surface area contributed by atoms with Gasteiger partial charge >= 0.3 is 5.97 Å². The maximum absolute atomic E-state index is 12.2. The summed E-state index contributed by atoms with van der Waals surface area (Å²) < 4.78 is 16.0. The molecule has 0 radical (unpaired) electrons. The summed E-state index contributed by atoms with van der Waals surface area (Å²) in [5, 5.41) is 2.80. The number of hydrogen-bond acceptors (Lipinski definition) is 5. The van der Waals surface area contributed by atoms with E-state index in [0.29, 0.717) is 24.7 Å². The van der Waals surface area contributed by atoms with Gasteiger partial charge in [-0.2, -0.15) is 0 Å². The van der Waals surface area contributed by atoms with Crippen molar-refractivity contribution < 1.29 is 23.8 Å². The number of carbonyl (C=O) groups is 2. The van der Waals surface area contributed by atoms with Gasteiger partial charge in [-0.25, -0.2) is 4.79 Å². The first kappa shape index (κ1) is 20.8. The molecule has 1 rings (SSSR count). The number of halogens is 1. The summed E-state index contributed by atoms with van der Waals surface area (Å²) in [5.74, 6) is -0.377. The lowest BCUT2D eigenvalue weighted by molar-refractivity contribution is -0.128. The lowest BCUT2D eigenvalue weighted by atomic mass is 10.2. The molecule has 1 aromatic carbocycles. The molecule has 0 saturated carbocycles. The molecule has 0 aliphatic carbocycles. The molecule has 0 aliphatic heterocycles. The quantitative estimate of drug-likeness (QED) is 0.389. The van der Waals surface area contributed by atoms with Crippen LogP contribution in [0.5, 0.6) is 11.5 Å². The van der Waals surface area contributed by atoms with E-state index in [0.717, 1.165) is 12.8 Å². The van der Waals surface area contributed by atoms with Gasteiger partial charge in [-0.05, 0) is 25.5 Å². The Morgan fingerprint density at radius 3 is 2.72 bits per heavy atom. The Bertz CT molecular complexity index is 618. The minimum atomic E-state index is -0.947. The second-order valence-corrected chi connectivity index (χ2v) is 5.68. The van der Waals surface area contributed by atoms with Crippen LogP contribution < -0.4 is 14.8 Å². The van der Waals surface area contributed by atoms with Crippen LogP contribution in [0, 0.1) is 0 Å². The van der Waals surface area contributed by atoms with Crippen molar-refractivity contribution in [1.82, 2.24) is 5.32 Å². The van der Waals surface area contributed by atoms with E-state index >= 15 is 0 Å². The second-order valence-electron chi connectivity index (χ2n) is 5.27. The largest absolute Gasteiger partial charge is 0.493 e. The number of rotatable bonds is 10. The predicted molar refractivity (Wildman–Crippen MR) is 96.5 cm³/mol. The first-order valence-electron chi connectivity index (χ1n) is 8.04. The predicted octanol–water partition coefficient (Wildman–Crippen LogP) is 3.38. The number of methoxy groups -OCH3 is 1. The Morgan fingerprint density at radius 1 is 1.40 bits per heavy atom. The lowest BCUT2D eigenvalue weighted by Crippen LogP contribution is -2.35. The van der Waals surface area contributed by atoms with Gasteiger partial charge in [0.2, 0.25) is 0 Å². The number of carbonyl (C=O) groups excluding carboxylic acids is 2. The van der Waals surface area contributed by atoms with Crippen LogP contribution >= 0.6 is 11.6 Å². The van der Waals surface area contributed by atoms with E-state index in [1.165, 1.54) is 32.2 Å². The zero-order valence-corrected chi connectivity index (χ0v) is 15.5. The summed E-state index contributed by atoms with van der Waals surface area (Å²) in [7, 11) is 1.46. The third-order valence-electron chi connectivity index (χ3n) is 3.28. The summed E-state index contributed by atoms with van der Waals surface area (Å²) in [5.41, 5.74) is 0.174. The minimum Gasteiger partial charge on any atom is -0.493 e. The van der Waals surface area contributed by atoms with Gasteiger partial charge in [0.25, 0.3) is 5.91 Å². The second kappa shape index (κ2) is 10.6. The smallest absolute Gasteiger partial charge is 0.339 e. The molecule has 1 amide bonds. The Kier molecular flexibility index (Phi) is 8.84. The Morgan fingerprint density at radius 2 is 2.12 bits per heavy atom.